The molecule has 2 aromatic heterocycles. The molecule has 2 atom stereocenters. The third-order valence-corrected chi connectivity index (χ3v) is 4.93. The molecule has 0 unspecified atom stereocenters. The number of nitrogens with zero attached hydrogens (tertiary/aromatic N) is 2. The van der Waals surface area contributed by atoms with E-state index in [2.05, 4.69) is 20.3 Å². The minimum atomic E-state index is -0.505. The summed E-state index contributed by atoms with van der Waals surface area (Å²) in [5.74, 6) is -0.320. The summed E-state index contributed by atoms with van der Waals surface area (Å²) >= 11 is 0. The predicted octanol–water partition coefficient (Wildman–Crippen LogP) is 3.89. The van der Waals surface area contributed by atoms with Crippen molar-refractivity contribution in [2.45, 2.75) is 44.7 Å². The molecular formula is C19H21F2N5. The Bertz CT molecular complexity index is 952. The van der Waals surface area contributed by atoms with Crippen LogP contribution in [0, 0.1) is 18.6 Å². The number of aromatic amines is 1. The van der Waals surface area contributed by atoms with Crippen molar-refractivity contribution in [3.05, 3.63) is 41.7 Å². The second kappa shape index (κ2) is 6.64. The van der Waals surface area contributed by atoms with Gasteiger partial charge in [0.05, 0.1) is 11.7 Å². The molecule has 1 aliphatic carbocycles. The number of fused-ring (bicyclic) bond motifs is 1. The molecule has 0 aliphatic heterocycles. The summed E-state index contributed by atoms with van der Waals surface area (Å²) in [6.45, 7) is 1.82. The quantitative estimate of drug-likeness (QED) is 0.664. The molecule has 136 valence electrons. The fourth-order valence-electron chi connectivity index (χ4n) is 3.66. The largest absolute Gasteiger partial charge is 0.365 e. The summed E-state index contributed by atoms with van der Waals surface area (Å²) in [4.78, 5) is 11.4. The lowest BCUT2D eigenvalue weighted by molar-refractivity contribution is 0.407. The summed E-state index contributed by atoms with van der Waals surface area (Å²) < 4.78 is 28.3. The molecule has 0 spiro atoms. The first-order valence-corrected chi connectivity index (χ1v) is 8.83. The van der Waals surface area contributed by atoms with Gasteiger partial charge in [0.15, 0.2) is 17.5 Å². The lowest BCUT2D eigenvalue weighted by Crippen LogP contribution is -2.35. The first-order valence-electron chi connectivity index (χ1n) is 8.83. The van der Waals surface area contributed by atoms with Gasteiger partial charge in [-0.1, -0.05) is 0 Å². The number of benzene rings is 1. The lowest BCUT2D eigenvalue weighted by atomic mass is 9.92. The minimum absolute atomic E-state index is 0.0960. The maximum atomic E-state index is 14.2. The molecular weight excluding hydrogens is 336 g/mol. The van der Waals surface area contributed by atoms with E-state index in [1.807, 2.05) is 13.0 Å². The van der Waals surface area contributed by atoms with Crippen LogP contribution in [0.1, 0.15) is 31.2 Å². The molecule has 4 N–H and O–H groups in total. The Hall–Kier alpha value is -2.54. The number of halogens is 2. The lowest BCUT2D eigenvalue weighted by Gasteiger charge is -2.27. The van der Waals surface area contributed by atoms with Gasteiger partial charge in [-0.25, -0.2) is 18.7 Å². The highest BCUT2D eigenvalue weighted by atomic mass is 19.1. The number of aryl methyl sites for hydroxylation is 1. The average molecular weight is 357 g/mol. The van der Waals surface area contributed by atoms with Gasteiger partial charge in [0.2, 0.25) is 0 Å². The molecule has 26 heavy (non-hydrogen) atoms. The molecule has 4 rings (SSSR count). The monoisotopic (exact) mass is 357 g/mol. The summed E-state index contributed by atoms with van der Waals surface area (Å²) in [5.41, 5.74) is 7.85. The first-order chi connectivity index (χ1) is 12.5. The molecule has 1 saturated carbocycles. The van der Waals surface area contributed by atoms with E-state index in [1.54, 1.807) is 6.20 Å². The molecule has 2 heterocycles. The third-order valence-electron chi connectivity index (χ3n) is 4.93. The standard InChI is InChI=1S/C19H21F2N5/c1-10-5-13-14(8-23-17(13)15(20)6-10)18-24-9-16(21)19(26-18)25-12-4-2-3-11(22)7-12/h5-6,8-9,11-12,23H,2-4,7,22H2,1H3,(H,24,25,26)/t11-,12+/m0/s1. The van der Waals surface area contributed by atoms with Crippen molar-refractivity contribution < 1.29 is 8.78 Å². The topological polar surface area (TPSA) is 79.6 Å². The maximum Gasteiger partial charge on any atom is 0.183 e. The summed E-state index contributed by atoms with van der Waals surface area (Å²) in [6.07, 6.45) is 6.54. The number of nitrogens with two attached hydrogens (primary N) is 1. The van der Waals surface area contributed by atoms with Crippen LogP contribution in [-0.2, 0) is 0 Å². The molecule has 1 aromatic carbocycles. The van der Waals surface area contributed by atoms with Crippen molar-refractivity contribution in [3.63, 3.8) is 0 Å². The van der Waals surface area contributed by atoms with E-state index < -0.39 is 5.82 Å². The van der Waals surface area contributed by atoms with Crippen molar-refractivity contribution in [1.82, 2.24) is 15.0 Å². The Morgan fingerprint density at radius 3 is 2.88 bits per heavy atom. The van der Waals surface area contributed by atoms with Crippen molar-refractivity contribution in [2.75, 3.05) is 5.32 Å². The summed E-state index contributed by atoms with van der Waals surface area (Å²) in [7, 11) is 0. The number of hydrogen-bond acceptors (Lipinski definition) is 4. The number of anilines is 1. The van der Waals surface area contributed by atoms with Gasteiger partial charge in [-0.3, -0.25) is 0 Å². The highest BCUT2D eigenvalue weighted by Gasteiger charge is 2.21. The fourth-order valence-corrected chi connectivity index (χ4v) is 3.66. The Morgan fingerprint density at radius 2 is 2.08 bits per heavy atom. The van der Waals surface area contributed by atoms with E-state index >= 15 is 0 Å². The van der Waals surface area contributed by atoms with E-state index in [0.717, 1.165) is 37.4 Å². The number of rotatable bonds is 3. The molecule has 0 amide bonds. The predicted molar refractivity (Wildman–Crippen MR) is 97.8 cm³/mol. The average Bonchev–Trinajstić information content (AvgIpc) is 3.01. The van der Waals surface area contributed by atoms with E-state index in [0.29, 0.717) is 22.3 Å². The van der Waals surface area contributed by atoms with Crippen LogP contribution in [0.3, 0.4) is 0 Å². The Morgan fingerprint density at radius 1 is 1.23 bits per heavy atom. The normalized spacial score (nSPS) is 20.5. The molecule has 1 aliphatic rings. The Balaban J connectivity index is 1.70. The highest BCUT2D eigenvalue weighted by Crippen LogP contribution is 2.30. The SMILES string of the molecule is Cc1cc(F)c2[nH]cc(-c3ncc(F)c(N[C@@H]4CCC[C@H](N)C4)n3)c2c1. The van der Waals surface area contributed by atoms with Crippen LogP contribution in [0.25, 0.3) is 22.3 Å². The van der Waals surface area contributed by atoms with E-state index in [4.69, 9.17) is 5.73 Å². The molecule has 1 fully saturated rings. The molecule has 7 heteroatoms. The van der Waals surface area contributed by atoms with Crippen molar-refractivity contribution in [2.24, 2.45) is 5.73 Å². The van der Waals surface area contributed by atoms with Crippen LogP contribution in [0.15, 0.2) is 24.5 Å². The Kier molecular flexibility index (Phi) is 4.32. The number of H-pyrrole nitrogens is 1. The molecule has 5 nitrogen and oxygen atoms in total. The fraction of sp³-hybridized carbons (Fsp3) is 0.368. The first kappa shape index (κ1) is 16.9. The zero-order valence-electron chi connectivity index (χ0n) is 14.5. The van der Waals surface area contributed by atoms with Gasteiger partial charge in [0, 0.05) is 29.2 Å². The van der Waals surface area contributed by atoms with E-state index in [-0.39, 0.29) is 23.7 Å². The van der Waals surface area contributed by atoms with E-state index in [1.165, 1.54) is 6.07 Å². The third kappa shape index (κ3) is 3.14. The maximum absolute atomic E-state index is 14.2. The van der Waals surface area contributed by atoms with Crippen LogP contribution in [-0.4, -0.2) is 27.0 Å². The van der Waals surface area contributed by atoms with Crippen molar-refractivity contribution in [1.29, 1.82) is 0 Å². The van der Waals surface area contributed by atoms with E-state index in [9.17, 15) is 8.78 Å². The van der Waals surface area contributed by atoms with Gasteiger partial charge in [-0.15, -0.1) is 0 Å². The van der Waals surface area contributed by atoms with Gasteiger partial charge >= 0.3 is 0 Å². The molecule has 3 aromatic rings. The van der Waals surface area contributed by atoms with Crippen LogP contribution in [0.4, 0.5) is 14.6 Å². The summed E-state index contributed by atoms with van der Waals surface area (Å²) in [6, 6.07) is 3.56. The molecule has 0 bridgehead atoms. The summed E-state index contributed by atoms with van der Waals surface area (Å²) in [5, 5.41) is 3.84. The van der Waals surface area contributed by atoms with Crippen LogP contribution < -0.4 is 11.1 Å². The zero-order chi connectivity index (χ0) is 18.3. The van der Waals surface area contributed by atoms with Gasteiger partial charge in [-0.05, 0) is 50.3 Å². The highest BCUT2D eigenvalue weighted by molar-refractivity contribution is 5.94. The van der Waals surface area contributed by atoms with Crippen molar-refractivity contribution >= 4 is 16.7 Å². The van der Waals surface area contributed by atoms with Crippen LogP contribution in [0.2, 0.25) is 0 Å². The minimum Gasteiger partial charge on any atom is -0.365 e. The van der Waals surface area contributed by atoms with Crippen molar-refractivity contribution in [3.8, 4) is 11.4 Å². The van der Waals surface area contributed by atoms with Gasteiger partial charge < -0.3 is 16.0 Å². The van der Waals surface area contributed by atoms with Crippen LogP contribution >= 0.6 is 0 Å². The zero-order valence-corrected chi connectivity index (χ0v) is 14.5. The number of hydrogen-bond donors (Lipinski definition) is 3. The second-order valence-electron chi connectivity index (χ2n) is 7.03. The van der Waals surface area contributed by atoms with Gasteiger partial charge in [-0.2, -0.15) is 0 Å². The molecule has 0 saturated heterocycles. The number of nitrogens with one attached hydrogen (secondary N) is 2. The van der Waals surface area contributed by atoms with Gasteiger partial charge in [0.25, 0.3) is 0 Å². The molecule has 0 radical (unpaired) electrons. The smallest absolute Gasteiger partial charge is 0.183 e. The van der Waals surface area contributed by atoms with Crippen LogP contribution in [0.5, 0.6) is 0 Å². The second-order valence-corrected chi connectivity index (χ2v) is 7.03. The van der Waals surface area contributed by atoms with Gasteiger partial charge in [0.1, 0.15) is 5.82 Å². The number of aromatic nitrogens is 3. The Labute approximate surface area is 150 Å².